The second-order valence-corrected chi connectivity index (χ2v) is 9.48. The van der Waals surface area contributed by atoms with Gasteiger partial charge in [0.1, 0.15) is 5.75 Å². The monoisotopic (exact) mass is 450 g/mol. The van der Waals surface area contributed by atoms with Crippen LogP contribution in [0, 0.1) is 0 Å². The topological polar surface area (TPSA) is 55.8 Å². The Morgan fingerprint density at radius 2 is 1.35 bits per heavy atom. The lowest BCUT2D eigenvalue weighted by Crippen LogP contribution is -1.99. The number of phosphoric acid groups is 1. The van der Waals surface area contributed by atoms with Crippen molar-refractivity contribution >= 4 is 13.9 Å². The highest BCUT2D eigenvalue weighted by Gasteiger charge is 2.22. The van der Waals surface area contributed by atoms with Gasteiger partial charge in [0.05, 0.1) is 6.61 Å². The van der Waals surface area contributed by atoms with Crippen molar-refractivity contribution in [3.8, 4) is 5.75 Å². The van der Waals surface area contributed by atoms with Gasteiger partial charge in [0.2, 0.25) is 0 Å². The van der Waals surface area contributed by atoms with E-state index in [1.54, 1.807) is 30.3 Å². The van der Waals surface area contributed by atoms with Crippen molar-refractivity contribution < 1.29 is 18.5 Å². The normalized spacial score (nSPS) is 13.4. The minimum Gasteiger partial charge on any atom is -0.404 e. The van der Waals surface area contributed by atoms with Crippen molar-refractivity contribution in [1.82, 2.24) is 0 Å². The number of hydrogen-bond acceptors (Lipinski definition) is 3. The summed E-state index contributed by atoms with van der Waals surface area (Å²) in [6.45, 7) is 6.17. The van der Waals surface area contributed by atoms with Gasteiger partial charge in [-0.15, -0.1) is 0 Å². The Morgan fingerprint density at radius 3 is 1.90 bits per heavy atom. The van der Waals surface area contributed by atoms with Crippen LogP contribution >= 0.6 is 7.82 Å². The van der Waals surface area contributed by atoms with Crippen molar-refractivity contribution in [1.29, 1.82) is 0 Å². The van der Waals surface area contributed by atoms with Crippen LogP contribution in [0.3, 0.4) is 0 Å². The first kappa shape index (κ1) is 27.7. The molecule has 1 unspecified atom stereocenters. The lowest BCUT2D eigenvalue weighted by molar-refractivity contribution is 0.199. The maximum Gasteiger partial charge on any atom is 0.527 e. The average molecular weight is 451 g/mol. The van der Waals surface area contributed by atoms with Crippen molar-refractivity contribution in [2.45, 2.75) is 96.8 Å². The van der Waals surface area contributed by atoms with Crippen LogP contribution in [0.1, 0.15) is 102 Å². The van der Waals surface area contributed by atoms with Gasteiger partial charge in [0, 0.05) is 0 Å². The Morgan fingerprint density at radius 1 is 0.839 bits per heavy atom. The predicted octanol–water partition coefficient (Wildman–Crippen LogP) is 8.86. The van der Waals surface area contributed by atoms with Crippen molar-refractivity contribution in [2.24, 2.45) is 0 Å². The highest BCUT2D eigenvalue weighted by molar-refractivity contribution is 7.47. The number of rotatable bonds is 20. The maximum absolute atomic E-state index is 12.0. The molecule has 5 heteroatoms. The van der Waals surface area contributed by atoms with Crippen molar-refractivity contribution in [2.75, 3.05) is 6.61 Å². The molecule has 0 heterocycles. The molecule has 0 radical (unpaired) electrons. The third-order valence-corrected chi connectivity index (χ3v) is 6.20. The Balaban J connectivity index is 1.92. The Bertz CT molecular complexity index is 639. The molecule has 176 valence electrons. The van der Waals surface area contributed by atoms with Crippen LogP contribution in [-0.4, -0.2) is 11.5 Å². The molecule has 1 rings (SSSR count). The Hall–Kier alpha value is -1.35. The first-order valence-electron chi connectivity index (χ1n) is 12.1. The summed E-state index contributed by atoms with van der Waals surface area (Å²) in [5.41, 5.74) is 0.922. The highest BCUT2D eigenvalue weighted by Crippen LogP contribution is 2.43. The minimum atomic E-state index is -4.06. The van der Waals surface area contributed by atoms with Crippen LogP contribution < -0.4 is 4.52 Å². The van der Waals surface area contributed by atoms with Crippen molar-refractivity contribution in [3.05, 3.63) is 48.6 Å². The fourth-order valence-electron chi connectivity index (χ4n) is 3.35. The second-order valence-electron chi connectivity index (χ2n) is 8.10. The van der Waals surface area contributed by atoms with E-state index in [0.29, 0.717) is 5.75 Å². The van der Waals surface area contributed by atoms with E-state index >= 15 is 0 Å². The first-order chi connectivity index (χ1) is 15.1. The molecule has 1 aromatic rings. The third-order valence-electron chi connectivity index (χ3n) is 5.25. The van der Waals surface area contributed by atoms with Gasteiger partial charge >= 0.3 is 7.82 Å². The minimum absolute atomic E-state index is 0.236. The summed E-state index contributed by atoms with van der Waals surface area (Å²) in [4.78, 5) is 9.80. The largest absolute Gasteiger partial charge is 0.527 e. The highest BCUT2D eigenvalue weighted by atomic mass is 31.2. The fourth-order valence-corrected chi connectivity index (χ4v) is 4.15. The number of phosphoric ester groups is 1. The van der Waals surface area contributed by atoms with E-state index in [-0.39, 0.29) is 6.61 Å². The molecule has 0 bridgehead atoms. The van der Waals surface area contributed by atoms with E-state index < -0.39 is 7.82 Å². The maximum atomic E-state index is 12.0. The molecule has 0 aliphatic heterocycles. The molecule has 1 aromatic carbocycles. The van der Waals surface area contributed by atoms with E-state index in [0.717, 1.165) is 24.8 Å². The quantitative estimate of drug-likeness (QED) is 0.122. The van der Waals surface area contributed by atoms with E-state index in [1.807, 2.05) is 0 Å². The average Bonchev–Trinajstić information content (AvgIpc) is 2.76. The SMILES string of the molecule is C=Cc1ccc(OP(=O)(O)OCCCCCCCC/C=C\CCCCCCCC)cc1. The van der Waals surface area contributed by atoms with E-state index in [2.05, 4.69) is 25.7 Å². The molecule has 31 heavy (non-hydrogen) atoms. The lowest BCUT2D eigenvalue weighted by Gasteiger charge is -2.13. The molecule has 0 fully saturated rings. The molecular weight excluding hydrogens is 407 g/mol. The summed E-state index contributed by atoms with van der Waals surface area (Å²) in [6.07, 6.45) is 23.6. The summed E-state index contributed by atoms with van der Waals surface area (Å²) in [7, 11) is -4.06. The molecule has 4 nitrogen and oxygen atoms in total. The first-order valence-corrected chi connectivity index (χ1v) is 13.6. The lowest BCUT2D eigenvalue weighted by atomic mass is 10.1. The van der Waals surface area contributed by atoms with Gasteiger partial charge in [0.25, 0.3) is 0 Å². The predicted molar refractivity (Wildman–Crippen MR) is 132 cm³/mol. The standard InChI is InChI=1S/C26H43O4P/c1-3-5-6-7-8-9-10-11-12-13-14-15-16-17-18-19-24-29-31(27,28)30-26-22-20-25(4-2)21-23-26/h4,11-12,20-23H,2-3,5-10,13-19,24H2,1H3,(H,27,28)/b12-11-. The van der Waals surface area contributed by atoms with Crippen LogP contribution in [0.2, 0.25) is 0 Å². The summed E-state index contributed by atoms with van der Waals surface area (Å²) in [6, 6.07) is 6.81. The van der Waals surface area contributed by atoms with Crippen molar-refractivity contribution in [3.63, 3.8) is 0 Å². The van der Waals surface area contributed by atoms with Crippen LogP contribution in [0.25, 0.3) is 6.08 Å². The number of benzene rings is 1. The molecule has 0 saturated carbocycles. The molecule has 0 saturated heterocycles. The van der Waals surface area contributed by atoms with Gasteiger partial charge in [-0.05, 0) is 49.8 Å². The Labute approximate surface area is 190 Å². The zero-order valence-corrected chi connectivity index (χ0v) is 20.4. The molecule has 1 atom stereocenters. The second kappa shape index (κ2) is 18.2. The molecule has 0 aliphatic carbocycles. The van der Waals surface area contributed by atoms with Gasteiger partial charge in [-0.3, -0.25) is 9.42 Å². The van der Waals surface area contributed by atoms with E-state index in [1.165, 1.54) is 70.6 Å². The number of hydrogen-bond donors (Lipinski definition) is 1. The van der Waals surface area contributed by atoms with Crippen LogP contribution in [0.4, 0.5) is 0 Å². The molecule has 0 aromatic heterocycles. The van der Waals surface area contributed by atoms with Crippen LogP contribution in [0.15, 0.2) is 43.0 Å². The van der Waals surface area contributed by atoms with E-state index in [4.69, 9.17) is 9.05 Å². The molecule has 0 amide bonds. The van der Waals surface area contributed by atoms with Gasteiger partial charge in [-0.1, -0.05) is 102 Å². The molecular formula is C26H43O4P. The fraction of sp³-hybridized carbons (Fsp3) is 0.615. The summed E-state index contributed by atoms with van der Waals surface area (Å²) in [5.74, 6) is 0.317. The zero-order valence-electron chi connectivity index (χ0n) is 19.5. The van der Waals surface area contributed by atoms with E-state index in [9.17, 15) is 9.46 Å². The Kier molecular flexibility index (Phi) is 16.3. The number of allylic oxidation sites excluding steroid dienone is 2. The van der Waals surface area contributed by atoms with Gasteiger partial charge in [-0.2, -0.15) is 0 Å². The zero-order chi connectivity index (χ0) is 22.6. The van der Waals surface area contributed by atoms with Gasteiger partial charge < -0.3 is 4.52 Å². The van der Waals surface area contributed by atoms with Crippen LogP contribution in [0.5, 0.6) is 5.75 Å². The summed E-state index contributed by atoms with van der Waals surface area (Å²) < 4.78 is 22.1. The third kappa shape index (κ3) is 16.0. The summed E-state index contributed by atoms with van der Waals surface area (Å²) >= 11 is 0. The summed E-state index contributed by atoms with van der Waals surface area (Å²) in [5, 5.41) is 0. The number of unbranched alkanes of at least 4 members (excludes halogenated alkanes) is 12. The van der Waals surface area contributed by atoms with Crippen LogP contribution in [-0.2, 0) is 9.09 Å². The smallest absolute Gasteiger partial charge is 0.404 e. The molecule has 0 aliphatic rings. The molecule has 0 spiro atoms. The van der Waals surface area contributed by atoms with Gasteiger partial charge in [-0.25, -0.2) is 4.57 Å². The molecule has 1 N–H and O–H groups in total. The van der Waals surface area contributed by atoms with Gasteiger partial charge in [0.15, 0.2) is 0 Å².